The molecule has 0 spiro atoms. The van der Waals surface area contributed by atoms with Gasteiger partial charge in [0.15, 0.2) is 0 Å². The molecule has 1 rings (SSSR count). The molecule has 1 aromatic carbocycles. The molecule has 0 saturated heterocycles. The van der Waals surface area contributed by atoms with Gasteiger partial charge in [-0.15, -0.1) is 11.8 Å². The van der Waals surface area contributed by atoms with Crippen LogP contribution in [0.25, 0.3) is 0 Å². The Morgan fingerprint density at radius 3 is 2.30 bits per heavy atom. The van der Waals surface area contributed by atoms with E-state index in [1.54, 1.807) is 6.92 Å². The Morgan fingerprint density at radius 2 is 1.70 bits per heavy atom. The molecule has 0 saturated carbocycles. The number of hydrogen-bond donors (Lipinski definition) is 4. The third kappa shape index (κ3) is 8.70. The smallest absolute Gasteiger partial charge is 0.0948 e. The molecule has 0 aliphatic carbocycles. The topological polar surface area (TPSA) is 90.2 Å². The molecule has 23 heavy (non-hydrogen) atoms. The van der Waals surface area contributed by atoms with Crippen LogP contribution in [0.4, 0.5) is 0 Å². The lowest BCUT2D eigenvalue weighted by Crippen LogP contribution is -2.33. The van der Waals surface area contributed by atoms with E-state index in [2.05, 4.69) is 11.8 Å². The highest BCUT2D eigenvalue weighted by Gasteiger charge is 2.22. The van der Waals surface area contributed by atoms with Gasteiger partial charge in [0, 0.05) is 19.3 Å². The highest BCUT2D eigenvalue weighted by Crippen LogP contribution is 2.13. The van der Waals surface area contributed by atoms with Crippen molar-refractivity contribution in [3.63, 3.8) is 0 Å². The molecule has 0 fully saturated rings. The molecule has 5 nitrogen and oxygen atoms in total. The summed E-state index contributed by atoms with van der Waals surface area (Å²) in [6, 6.07) is 9.56. The minimum atomic E-state index is -0.988. The van der Waals surface area contributed by atoms with Gasteiger partial charge in [-0.1, -0.05) is 30.3 Å². The minimum Gasteiger partial charge on any atom is -0.394 e. The van der Waals surface area contributed by atoms with Gasteiger partial charge in [-0.3, -0.25) is 0 Å². The summed E-state index contributed by atoms with van der Waals surface area (Å²) in [7, 11) is 0. The maximum atomic E-state index is 10.2. The van der Waals surface area contributed by atoms with E-state index in [9.17, 15) is 15.3 Å². The lowest BCUT2D eigenvalue weighted by atomic mass is 10.0. The van der Waals surface area contributed by atoms with Crippen molar-refractivity contribution in [2.75, 3.05) is 6.61 Å². The second-order valence-electron chi connectivity index (χ2n) is 5.59. The predicted molar refractivity (Wildman–Crippen MR) is 87.4 cm³/mol. The molecule has 0 aromatic heterocycles. The Kier molecular flexibility index (Phi) is 9.53. The quantitative estimate of drug-likeness (QED) is 0.506. The van der Waals surface area contributed by atoms with E-state index in [-0.39, 0.29) is 6.42 Å². The van der Waals surface area contributed by atoms with Crippen LogP contribution < -0.4 is 0 Å². The number of aliphatic hydroxyl groups is 4. The van der Waals surface area contributed by atoms with Crippen LogP contribution in [0, 0.1) is 11.8 Å². The summed E-state index contributed by atoms with van der Waals surface area (Å²) in [6.45, 7) is 1.58. The average Bonchev–Trinajstić information content (AvgIpc) is 2.54. The standard InChI is InChI=1S/C18H26O5/c1-14(20)7-5-6-10-18(17(22)11-16(21)12-19)23-13-15-8-3-2-4-9-15/h2-4,8-9,14,16-22H,7,10-13H2,1H3/t14-,16-,17+,18+/m1/s1. The summed E-state index contributed by atoms with van der Waals surface area (Å²) in [4.78, 5) is 0. The van der Waals surface area contributed by atoms with E-state index in [0.717, 1.165) is 5.56 Å². The summed E-state index contributed by atoms with van der Waals surface area (Å²) in [5, 5.41) is 37.7. The van der Waals surface area contributed by atoms with Gasteiger partial charge in [-0.05, 0) is 12.5 Å². The first-order valence-corrected chi connectivity index (χ1v) is 7.79. The zero-order valence-corrected chi connectivity index (χ0v) is 13.4. The molecule has 0 bridgehead atoms. The number of benzene rings is 1. The lowest BCUT2D eigenvalue weighted by molar-refractivity contribution is -0.0644. The SMILES string of the molecule is C[C@@H](O)CC#CC[C@H](OCc1ccccc1)[C@@H](O)C[C@@H](O)CO. The monoisotopic (exact) mass is 322 g/mol. The first kappa shape index (κ1) is 19.6. The molecule has 128 valence electrons. The highest BCUT2D eigenvalue weighted by atomic mass is 16.5. The van der Waals surface area contributed by atoms with E-state index in [4.69, 9.17) is 9.84 Å². The molecule has 4 atom stereocenters. The third-order valence-corrected chi connectivity index (χ3v) is 3.29. The van der Waals surface area contributed by atoms with Crippen LogP contribution in [0.5, 0.6) is 0 Å². The Morgan fingerprint density at radius 1 is 1.04 bits per heavy atom. The zero-order chi connectivity index (χ0) is 17.1. The Labute approximate surface area is 137 Å². The molecule has 0 radical (unpaired) electrons. The van der Waals surface area contributed by atoms with Crippen molar-refractivity contribution in [2.24, 2.45) is 0 Å². The van der Waals surface area contributed by atoms with E-state index in [1.807, 2.05) is 30.3 Å². The second-order valence-corrected chi connectivity index (χ2v) is 5.59. The van der Waals surface area contributed by atoms with Crippen LogP contribution in [-0.2, 0) is 11.3 Å². The molecule has 0 amide bonds. The van der Waals surface area contributed by atoms with Crippen LogP contribution >= 0.6 is 0 Å². The number of ether oxygens (including phenoxy) is 1. The van der Waals surface area contributed by atoms with Crippen LogP contribution in [0.1, 0.15) is 31.7 Å². The highest BCUT2D eigenvalue weighted by molar-refractivity contribution is 5.13. The van der Waals surface area contributed by atoms with Crippen molar-refractivity contribution in [2.45, 2.75) is 57.2 Å². The van der Waals surface area contributed by atoms with Gasteiger partial charge >= 0.3 is 0 Å². The number of hydrogen-bond acceptors (Lipinski definition) is 5. The van der Waals surface area contributed by atoms with Crippen molar-refractivity contribution < 1.29 is 25.2 Å². The van der Waals surface area contributed by atoms with E-state index in [1.165, 1.54) is 0 Å². The fraction of sp³-hybridized carbons (Fsp3) is 0.556. The molecule has 0 heterocycles. The first-order valence-electron chi connectivity index (χ1n) is 7.79. The molecule has 0 aliphatic heterocycles. The zero-order valence-electron chi connectivity index (χ0n) is 13.4. The van der Waals surface area contributed by atoms with Crippen molar-refractivity contribution >= 4 is 0 Å². The maximum Gasteiger partial charge on any atom is 0.0948 e. The lowest BCUT2D eigenvalue weighted by Gasteiger charge is -2.23. The summed E-state index contributed by atoms with van der Waals surface area (Å²) in [5.41, 5.74) is 0.976. The van der Waals surface area contributed by atoms with Crippen molar-refractivity contribution in [1.29, 1.82) is 0 Å². The Balaban J connectivity index is 2.60. The van der Waals surface area contributed by atoms with Crippen LogP contribution in [-0.4, -0.2) is 51.4 Å². The van der Waals surface area contributed by atoms with Gasteiger partial charge in [0.25, 0.3) is 0 Å². The normalized spacial score (nSPS) is 16.0. The molecular formula is C18H26O5. The molecule has 0 unspecified atom stereocenters. The second kappa shape index (κ2) is 11.2. The van der Waals surface area contributed by atoms with Gasteiger partial charge in [-0.2, -0.15) is 0 Å². The molecule has 0 aliphatic rings. The predicted octanol–water partition coefficient (Wildman–Crippen LogP) is 0.840. The molecule has 1 aromatic rings. The molecule has 5 heteroatoms. The van der Waals surface area contributed by atoms with Crippen LogP contribution in [0.15, 0.2) is 30.3 Å². The number of rotatable bonds is 9. The molecule has 4 N–H and O–H groups in total. The van der Waals surface area contributed by atoms with Gasteiger partial charge < -0.3 is 25.2 Å². The largest absolute Gasteiger partial charge is 0.394 e. The summed E-state index contributed by atoms with van der Waals surface area (Å²) < 4.78 is 5.73. The van der Waals surface area contributed by atoms with Crippen molar-refractivity contribution in [1.82, 2.24) is 0 Å². The Bertz CT molecular complexity index is 477. The third-order valence-electron chi connectivity index (χ3n) is 3.29. The fourth-order valence-electron chi connectivity index (χ4n) is 1.98. The first-order chi connectivity index (χ1) is 11.0. The van der Waals surface area contributed by atoms with E-state index < -0.39 is 31.0 Å². The van der Waals surface area contributed by atoms with E-state index in [0.29, 0.717) is 19.4 Å². The van der Waals surface area contributed by atoms with Gasteiger partial charge in [-0.25, -0.2) is 0 Å². The van der Waals surface area contributed by atoms with Gasteiger partial charge in [0.1, 0.15) is 0 Å². The van der Waals surface area contributed by atoms with Crippen LogP contribution in [0.2, 0.25) is 0 Å². The van der Waals surface area contributed by atoms with Crippen LogP contribution in [0.3, 0.4) is 0 Å². The average molecular weight is 322 g/mol. The van der Waals surface area contributed by atoms with Crippen molar-refractivity contribution in [3.8, 4) is 11.8 Å². The van der Waals surface area contributed by atoms with Crippen molar-refractivity contribution in [3.05, 3.63) is 35.9 Å². The van der Waals surface area contributed by atoms with Gasteiger partial charge in [0.05, 0.1) is 37.6 Å². The fourth-order valence-corrected chi connectivity index (χ4v) is 1.98. The van der Waals surface area contributed by atoms with E-state index >= 15 is 0 Å². The summed E-state index contributed by atoms with van der Waals surface area (Å²) >= 11 is 0. The Hall–Kier alpha value is -1.42. The maximum absolute atomic E-state index is 10.2. The minimum absolute atomic E-state index is 0.0219. The summed E-state index contributed by atoms with van der Waals surface area (Å²) in [6.07, 6.45) is -2.31. The van der Waals surface area contributed by atoms with Gasteiger partial charge in [0.2, 0.25) is 0 Å². The molecular weight excluding hydrogens is 296 g/mol. The summed E-state index contributed by atoms with van der Waals surface area (Å²) in [5.74, 6) is 5.72. The number of aliphatic hydroxyl groups excluding tert-OH is 4.